The SMILES string of the molecule is C1=C(c2ccc3c(c2)Cc2ccccc2N3c2ccccc2)CCC=C1c1nc(-c2ccccc2)cc(-c2ccccc2)n1. The van der Waals surface area contributed by atoms with E-state index in [9.17, 15) is 0 Å². The van der Waals surface area contributed by atoms with Crippen molar-refractivity contribution in [3.63, 3.8) is 0 Å². The second kappa shape index (κ2) is 11.3. The molecular weight excluding hydrogens is 534 g/mol. The van der Waals surface area contributed by atoms with Gasteiger partial charge in [0, 0.05) is 40.2 Å². The summed E-state index contributed by atoms with van der Waals surface area (Å²) >= 11 is 0. The van der Waals surface area contributed by atoms with Gasteiger partial charge in [-0.25, -0.2) is 9.97 Å². The minimum absolute atomic E-state index is 0.768. The Balaban J connectivity index is 1.19. The molecule has 0 N–H and O–H groups in total. The molecule has 1 aliphatic carbocycles. The predicted molar refractivity (Wildman–Crippen MR) is 182 cm³/mol. The minimum Gasteiger partial charge on any atom is -0.310 e. The Bertz CT molecular complexity index is 1970. The summed E-state index contributed by atoms with van der Waals surface area (Å²) in [5.41, 5.74) is 14.1. The second-order valence-corrected chi connectivity index (χ2v) is 11.4. The largest absolute Gasteiger partial charge is 0.310 e. The number of fused-ring (bicyclic) bond motifs is 2. The van der Waals surface area contributed by atoms with Gasteiger partial charge in [0.15, 0.2) is 5.82 Å². The van der Waals surface area contributed by atoms with Crippen LogP contribution in [-0.4, -0.2) is 9.97 Å². The van der Waals surface area contributed by atoms with Crippen LogP contribution in [-0.2, 0) is 6.42 Å². The zero-order valence-corrected chi connectivity index (χ0v) is 24.4. The Kier molecular flexibility index (Phi) is 6.69. The summed E-state index contributed by atoms with van der Waals surface area (Å²) in [5, 5.41) is 0. The zero-order chi connectivity index (χ0) is 29.3. The lowest BCUT2D eigenvalue weighted by molar-refractivity contribution is 1.04. The van der Waals surface area contributed by atoms with Gasteiger partial charge in [0.05, 0.1) is 11.4 Å². The van der Waals surface area contributed by atoms with Crippen molar-refractivity contribution in [2.45, 2.75) is 19.3 Å². The molecule has 3 nitrogen and oxygen atoms in total. The van der Waals surface area contributed by atoms with Crippen LogP contribution in [0.2, 0.25) is 0 Å². The van der Waals surface area contributed by atoms with Crippen LogP contribution >= 0.6 is 0 Å². The van der Waals surface area contributed by atoms with Gasteiger partial charge in [-0.05, 0) is 77.6 Å². The molecule has 3 heteroatoms. The molecule has 0 unspecified atom stereocenters. The van der Waals surface area contributed by atoms with Crippen molar-refractivity contribution >= 4 is 28.2 Å². The summed E-state index contributed by atoms with van der Waals surface area (Å²) < 4.78 is 0. The summed E-state index contributed by atoms with van der Waals surface area (Å²) in [7, 11) is 0. The smallest absolute Gasteiger partial charge is 0.160 e. The topological polar surface area (TPSA) is 29.0 Å². The van der Waals surface area contributed by atoms with Crippen molar-refractivity contribution in [3.05, 3.63) is 174 Å². The van der Waals surface area contributed by atoms with Crippen LogP contribution in [0.25, 0.3) is 33.7 Å². The third kappa shape index (κ3) is 4.93. The highest BCUT2D eigenvalue weighted by Gasteiger charge is 2.24. The monoisotopic (exact) mass is 565 g/mol. The first-order valence-electron chi connectivity index (χ1n) is 15.3. The molecule has 0 atom stereocenters. The molecule has 0 radical (unpaired) electrons. The van der Waals surface area contributed by atoms with Crippen LogP contribution in [0.15, 0.2) is 152 Å². The van der Waals surface area contributed by atoms with Gasteiger partial charge in [-0.3, -0.25) is 0 Å². The second-order valence-electron chi connectivity index (χ2n) is 11.4. The van der Waals surface area contributed by atoms with Crippen molar-refractivity contribution in [1.29, 1.82) is 0 Å². The van der Waals surface area contributed by atoms with E-state index < -0.39 is 0 Å². The first-order chi connectivity index (χ1) is 21.8. The van der Waals surface area contributed by atoms with Crippen LogP contribution in [0.4, 0.5) is 17.1 Å². The summed E-state index contributed by atoms with van der Waals surface area (Å²) in [6.07, 6.45) is 7.45. The molecule has 0 saturated heterocycles. The maximum absolute atomic E-state index is 5.09. The lowest BCUT2D eigenvalue weighted by Gasteiger charge is -2.34. The van der Waals surface area contributed by atoms with Crippen LogP contribution in [0.1, 0.15) is 35.4 Å². The van der Waals surface area contributed by atoms with E-state index in [-0.39, 0.29) is 0 Å². The summed E-state index contributed by atoms with van der Waals surface area (Å²) in [5.74, 6) is 0.768. The highest BCUT2D eigenvalue weighted by molar-refractivity contribution is 5.88. The van der Waals surface area contributed by atoms with E-state index >= 15 is 0 Å². The number of anilines is 3. The van der Waals surface area contributed by atoms with Crippen molar-refractivity contribution in [1.82, 2.24) is 9.97 Å². The van der Waals surface area contributed by atoms with Crippen LogP contribution in [0.3, 0.4) is 0 Å². The van der Waals surface area contributed by atoms with E-state index in [2.05, 4.69) is 144 Å². The highest BCUT2D eigenvalue weighted by Crippen LogP contribution is 2.45. The highest BCUT2D eigenvalue weighted by atomic mass is 15.2. The molecule has 0 spiro atoms. The van der Waals surface area contributed by atoms with Gasteiger partial charge in [0.2, 0.25) is 0 Å². The molecule has 0 fully saturated rings. The van der Waals surface area contributed by atoms with Crippen molar-refractivity contribution in [2.75, 3.05) is 4.90 Å². The molecule has 8 rings (SSSR count). The maximum Gasteiger partial charge on any atom is 0.160 e. The molecule has 0 amide bonds. The molecule has 0 bridgehead atoms. The van der Waals surface area contributed by atoms with E-state index in [1.165, 1.54) is 39.3 Å². The Labute approximate surface area is 258 Å². The number of benzene rings is 5. The molecule has 2 heterocycles. The molecule has 0 saturated carbocycles. The van der Waals surface area contributed by atoms with Crippen molar-refractivity contribution in [3.8, 4) is 22.5 Å². The Hall–Kier alpha value is -5.54. The lowest BCUT2D eigenvalue weighted by Crippen LogP contribution is -2.18. The van der Waals surface area contributed by atoms with Gasteiger partial charge in [-0.2, -0.15) is 0 Å². The number of para-hydroxylation sites is 2. The average molecular weight is 566 g/mol. The minimum atomic E-state index is 0.768. The van der Waals surface area contributed by atoms with Gasteiger partial charge >= 0.3 is 0 Å². The summed E-state index contributed by atoms with van der Waals surface area (Å²) in [6.45, 7) is 0. The molecule has 1 aliphatic heterocycles. The lowest BCUT2D eigenvalue weighted by atomic mass is 9.88. The van der Waals surface area contributed by atoms with E-state index in [4.69, 9.17) is 9.97 Å². The van der Waals surface area contributed by atoms with E-state index in [1.54, 1.807) is 0 Å². The van der Waals surface area contributed by atoms with Gasteiger partial charge < -0.3 is 4.90 Å². The van der Waals surface area contributed by atoms with E-state index in [1.807, 2.05) is 12.1 Å². The van der Waals surface area contributed by atoms with Gasteiger partial charge in [-0.1, -0.05) is 109 Å². The predicted octanol–water partition coefficient (Wildman–Crippen LogP) is 10.4. The molecule has 44 heavy (non-hydrogen) atoms. The summed E-state index contributed by atoms with van der Waals surface area (Å²) in [6, 6.07) is 49.3. The van der Waals surface area contributed by atoms with Crippen molar-refractivity contribution < 1.29 is 0 Å². The molecule has 5 aromatic carbocycles. The Morgan fingerprint density at radius 2 is 1.14 bits per heavy atom. The number of rotatable bonds is 5. The fourth-order valence-corrected chi connectivity index (χ4v) is 6.39. The zero-order valence-electron chi connectivity index (χ0n) is 24.4. The molecular formula is C41H31N3. The number of hydrogen-bond acceptors (Lipinski definition) is 3. The molecule has 6 aromatic rings. The first-order valence-corrected chi connectivity index (χ1v) is 15.3. The van der Waals surface area contributed by atoms with E-state index in [0.717, 1.165) is 53.2 Å². The molecule has 210 valence electrons. The number of aromatic nitrogens is 2. The average Bonchev–Trinajstić information content (AvgIpc) is 3.11. The number of hydrogen-bond donors (Lipinski definition) is 0. The van der Waals surface area contributed by atoms with Crippen LogP contribution in [0.5, 0.6) is 0 Å². The standard InChI is InChI=1S/C41H31N3/c1-4-13-29(14-5-1)37-28-38(30-15-6-2-7-16-30)43-41(42-37)34-19-12-18-31(25-34)32-23-24-40-35(26-32)27-33-17-10-11-22-39(33)44(40)36-20-8-3-9-21-36/h1-11,13-17,19-26,28H,12,18,27H2. The van der Waals surface area contributed by atoms with Gasteiger partial charge in [0.25, 0.3) is 0 Å². The van der Waals surface area contributed by atoms with E-state index in [0.29, 0.717) is 0 Å². The number of nitrogens with zero attached hydrogens (tertiary/aromatic N) is 3. The first kappa shape index (κ1) is 26.1. The van der Waals surface area contributed by atoms with Crippen LogP contribution in [0, 0.1) is 0 Å². The van der Waals surface area contributed by atoms with Gasteiger partial charge in [0.1, 0.15) is 0 Å². The normalized spacial score (nSPS) is 13.9. The number of allylic oxidation sites excluding steroid dienone is 4. The maximum atomic E-state index is 5.09. The molecule has 2 aliphatic rings. The Morgan fingerprint density at radius 3 is 1.84 bits per heavy atom. The quantitative estimate of drug-likeness (QED) is 0.208. The third-order valence-electron chi connectivity index (χ3n) is 8.55. The fraction of sp³-hybridized carbons (Fsp3) is 0.0732. The van der Waals surface area contributed by atoms with Gasteiger partial charge in [-0.15, -0.1) is 0 Å². The van der Waals surface area contributed by atoms with Crippen molar-refractivity contribution in [2.24, 2.45) is 0 Å². The molecule has 1 aromatic heterocycles. The third-order valence-corrected chi connectivity index (χ3v) is 8.55. The fourth-order valence-electron chi connectivity index (χ4n) is 6.39. The summed E-state index contributed by atoms with van der Waals surface area (Å²) in [4.78, 5) is 12.6. The van der Waals surface area contributed by atoms with Crippen LogP contribution < -0.4 is 4.90 Å². The Morgan fingerprint density at radius 1 is 0.523 bits per heavy atom.